The molecule has 112 valence electrons. The number of carboxylic acid groups (broad SMARTS) is 1. The number of amides is 2. The molecule has 0 unspecified atom stereocenters. The molecule has 1 heterocycles. The van der Waals surface area contributed by atoms with E-state index in [1.165, 1.54) is 0 Å². The van der Waals surface area contributed by atoms with Crippen LogP contribution in [0.2, 0.25) is 0 Å². The minimum Gasteiger partial charge on any atom is -0.493 e. The molecule has 0 aromatic heterocycles. The molecule has 6 nitrogen and oxygen atoms in total. The zero-order valence-corrected chi connectivity index (χ0v) is 12.8. The second-order valence-corrected chi connectivity index (χ2v) is 6.26. The third kappa shape index (κ3) is 2.83. The third-order valence-corrected chi connectivity index (χ3v) is 4.23. The molecule has 7 heteroatoms. The number of carbonyl (C=O) groups excluding carboxylic acids is 1. The molecule has 3 N–H and O–H groups in total. The number of rotatable bonds is 4. The quantitative estimate of drug-likeness (QED) is 0.769. The van der Waals surface area contributed by atoms with Crippen LogP contribution in [0, 0.1) is 0 Å². The molecule has 0 saturated heterocycles. The van der Waals surface area contributed by atoms with Gasteiger partial charge in [0, 0.05) is 23.0 Å². The Kier molecular flexibility index (Phi) is 3.52. The predicted octanol–water partition coefficient (Wildman–Crippen LogP) is 1.80. The number of carbonyl (C=O) groups is 2. The minimum atomic E-state index is -1.07. The lowest BCUT2D eigenvalue weighted by Gasteiger charge is -2.14. The van der Waals surface area contributed by atoms with Crippen LogP contribution in [-0.4, -0.2) is 29.3 Å². The van der Waals surface area contributed by atoms with Gasteiger partial charge in [-0.1, -0.05) is 15.9 Å². The highest BCUT2D eigenvalue weighted by Gasteiger charge is 2.51. The maximum absolute atomic E-state index is 11.8. The van der Waals surface area contributed by atoms with Crippen molar-refractivity contribution in [1.29, 1.82) is 0 Å². The van der Waals surface area contributed by atoms with E-state index in [9.17, 15) is 9.59 Å². The van der Waals surface area contributed by atoms with Gasteiger partial charge >= 0.3 is 12.0 Å². The summed E-state index contributed by atoms with van der Waals surface area (Å²) in [5.41, 5.74) is 0.928. The predicted molar refractivity (Wildman–Crippen MR) is 78.3 cm³/mol. The number of urea groups is 1. The number of hydrogen-bond donors (Lipinski definition) is 3. The first kappa shape index (κ1) is 14.2. The Morgan fingerprint density at radius 2 is 2.14 bits per heavy atom. The zero-order valence-electron chi connectivity index (χ0n) is 11.2. The first-order chi connectivity index (χ1) is 10.00. The molecule has 1 aliphatic heterocycles. The molecule has 2 aliphatic rings. The van der Waals surface area contributed by atoms with Crippen molar-refractivity contribution in [3.63, 3.8) is 0 Å². The van der Waals surface area contributed by atoms with Crippen LogP contribution < -0.4 is 15.4 Å². The molecule has 0 bridgehead atoms. The minimum absolute atomic E-state index is 0.295. The average molecular weight is 355 g/mol. The van der Waals surface area contributed by atoms with Crippen molar-refractivity contribution in [3.05, 3.63) is 27.7 Å². The summed E-state index contributed by atoms with van der Waals surface area (Å²) in [4.78, 5) is 22.8. The van der Waals surface area contributed by atoms with Gasteiger partial charge in [-0.25, -0.2) is 9.59 Å². The van der Waals surface area contributed by atoms with Gasteiger partial charge < -0.3 is 20.5 Å². The molecular formula is C14H15BrN2O4. The summed E-state index contributed by atoms with van der Waals surface area (Å²) in [6.07, 6.45) is 1.81. The van der Waals surface area contributed by atoms with Crippen molar-refractivity contribution in [2.24, 2.45) is 0 Å². The molecule has 0 spiro atoms. The highest BCUT2D eigenvalue weighted by Crippen LogP contribution is 2.35. The van der Waals surface area contributed by atoms with Crippen LogP contribution in [0.1, 0.15) is 24.0 Å². The highest BCUT2D eigenvalue weighted by molar-refractivity contribution is 9.10. The summed E-state index contributed by atoms with van der Waals surface area (Å²) in [6, 6.07) is 3.44. The van der Waals surface area contributed by atoms with Gasteiger partial charge in [-0.05, 0) is 30.5 Å². The van der Waals surface area contributed by atoms with Crippen molar-refractivity contribution in [2.75, 3.05) is 6.61 Å². The number of carboxylic acids is 1. The lowest BCUT2D eigenvalue weighted by Crippen LogP contribution is -2.47. The Balaban J connectivity index is 1.63. The van der Waals surface area contributed by atoms with E-state index in [0.717, 1.165) is 27.8 Å². The van der Waals surface area contributed by atoms with Gasteiger partial charge in [-0.3, -0.25) is 0 Å². The summed E-state index contributed by atoms with van der Waals surface area (Å²) in [7, 11) is 0. The van der Waals surface area contributed by atoms with Crippen LogP contribution in [0.4, 0.5) is 4.79 Å². The zero-order chi connectivity index (χ0) is 15.0. The molecule has 0 radical (unpaired) electrons. The van der Waals surface area contributed by atoms with Crippen molar-refractivity contribution in [2.45, 2.75) is 31.3 Å². The summed E-state index contributed by atoms with van der Waals surface area (Å²) >= 11 is 3.44. The Labute approximate surface area is 130 Å². The van der Waals surface area contributed by atoms with E-state index in [2.05, 4.69) is 26.6 Å². The molecule has 1 fully saturated rings. The standard InChI is InChI=1S/C14H15BrN2O4/c15-10-5-8-1-4-21-11(8)9(6-10)7-16-13(20)17-14(2-3-14)12(18)19/h5-6H,1-4,7H2,(H,18,19)(H2,16,17,20). The average Bonchev–Trinajstić information content (AvgIpc) is 3.05. The van der Waals surface area contributed by atoms with E-state index >= 15 is 0 Å². The van der Waals surface area contributed by atoms with E-state index in [4.69, 9.17) is 9.84 Å². The summed E-state index contributed by atoms with van der Waals surface area (Å²) in [6.45, 7) is 0.941. The van der Waals surface area contributed by atoms with Crippen molar-refractivity contribution >= 4 is 27.9 Å². The number of benzene rings is 1. The van der Waals surface area contributed by atoms with Crippen LogP contribution >= 0.6 is 15.9 Å². The second kappa shape index (κ2) is 5.22. The number of ether oxygens (including phenoxy) is 1. The fraction of sp³-hybridized carbons (Fsp3) is 0.429. The van der Waals surface area contributed by atoms with Crippen LogP contribution in [-0.2, 0) is 17.8 Å². The van der Waals surface area contributed by atoms with E-state index in [0.29, 0.717) is 26.0 Å². The van der Waals surface area contributed by atoms with Gasteiger partial charge in [-0.15, -0.1) is 0 Å². The number of fused-ring (bicyclic) bond motifs is 1. The van der Waals surface area contributed by atoms with Gasteiger partial charge in [0.15, 0.2) is 0 Å². The van der Waals surface area contributed by atoms with Crippen molar-refractivity contribution in [1.82, 2.24) is 10.6 Å². The van der Waals surface area contributed by atoms with E-state index < -0.39 is 17.5 Å². The normalized spacial score (nSPS) is 17.6. The van der Waals surface area contributed by atoms with Crippen LogP contribution in [0.5, 0.6) is 5.75 Å². The van der Waals surface area contributed by atoms with Gasteiger partial charge in [0.1, 0.15) is 11.3 Å². The van der Waals surface area contributed by atoms with Crippen LogP contribution in [0.15, 0.2) is 16.6 Å². The number of aliphatic carboxylic acids is 1. The van der Waals surface area contributed by atoms with Gasteiger partial charge in [-0.2, -0.15) is 0 Å². The summed E-state index contributed by atoms with van der Waals surface area (Å²) in [5.74, 6) is -0.165. The maximum atomic E-state index is 11.8. The second-order valence-electron chi connectivity index (χ2n) is 5.35. The van der Waals surface area contributed by atoms with E-state index in [1.807, 2.05) is 12.1 Å². The number of halogens is 1. The molecule has 0 atom stereocenters. The van der Waals surface area contributed by atoms with Crippen LogP contribution in [0.25, 0.3) is 0 Å². The maximum Gasteiger partial charge on any atom is 0.329 e. The van der Waals surface area contributed by atoms with Gasteiger partial charge in [0.05, 0.1) is 6.61 Å². The molecule has 3 rings (SSSR count). The first-order valence-corrected chi connectivity index (χ1v) is 7.53. The number of hydrogen-bond acceptors (Lipinski definition) is 3. The lowest BCUT2D eigenvalue weighted by atomic mass is 10.1. The number of nitrogens with one attached hydrogen (secondary N) is 2. The fourth-order valence-electron chi connectivity index (χ4n) is 2.43. The van der Waals surface area contributed by atoms with Gasteiger partial charge in [0.2, 0.25) is 0 Å². The SMILES string of the molecule is O=C(NCc1cc(Br)cc2c1OCC2)NC1(C(=O)O)CC1. The van der Waals surface area contributed by atoms with Crippen molar-refractivity contribution in [3.8, 4) is 5.75 Å². The first-order valence-electron chi connectivity index (χ1n) is 6.74. The molecule has 1 aliphatic carbocycles. The highest BCUT2D eigenvalue weighted by atomic mass is 79.9. The molecule has 1 saturated carbocycles. The lowest BCUT2D eigenvalue weighted by molar-refractivity contribution is -0.140. The molecule has 21 heavy (non-hydrogen) atoms. The largest absolute Gasteiger partial charge is 0.493 e. The van der Waals surface area contributed by atoms with Gasteiger partial charge in [0.25, 0.3) is 0 Å². The van der Waals surface area contributed by atoms with Crippen LogP contribution in [0.3, 0.4) is 0 Å². The smallest absolute Gasteiger partial charge is 0.329 e. The fourth-order valence-corrected chi connectivity index (χ4v) is 2.98. The monoisotopic (exact) mass is 354 g/mol. The Bertz CT molecular complexity index is 613. The molecule has 1 aromatic carbocycles. The Hall–Kier alpha value is -1.76. The Morgan fingerprint density at radius 3 is 2.81 bits per heavy atom. The topological polar surface area (TPSA) is 87.7 Å². The Morgan fingerprint density at radius 1 is 1.38 bits per heavy atom. The molecule has 2 amide bonds. The van der Waals surface area contributed by atoms with E-state index in [1.54, 1.807) is 0 Å². The summed E-state index contributed by atoms with van der Waals surface area (Å²) < 4.78 is 6.52. The van der Waals surface area contributed by atoms with Crippen molar-refractivity contribution < 1.29 is 19.4 Å². The summed E-state index contributed by atoms with van der Waals surface area (Å²) in [5, 5.41) is 14.2. The third-order valence-electron chi connectivity index (χ3n) is 3.78. The molecular weight excluding hydrogens is 340 g/mol. The molecule has 1 aromatic rings. The van der Waals surface area contributed by atoms with E-state index in [-0.39, 0.29) is 0 Å².